The second-order valence-corrected chi connectivity index (χ2v) is 15.5. The first-order chi connectivity index (χ1) is 16.3. The van der Waals surface area contributed by atoms with E-state index in [4.69, 9.17) is 0 Å². The summed E-state index contributed by atoms with van der Waals surface area (Å²) in [5.74, 6) is 0. The molecule has 0 unspecified atom stereocenters. The van der Waals surface area contributed by atoms with Crippen LogP contribution in [0.25, 0.3) is 0 Å². The van der Waals surface area contributed by atoms with Crippen molar-refractivity contribution in [3.8, 4) is 10.8 Å². The molecule has 2 nitrogen and oxygen atoms in total. The molecule has 0 aromatic heterocycles. The van der Waals surface area contributed by atoms with Gasteiger partial charge in [0.2, 0.25) is 0 Å². The SMILES string of the molecule is N#CSC(SC#N)(P(c1ccccc1)c1ccccc1)P(c1ccccc1)c1ccccc1. The van der Waals surface area contributed by atoms with Gasteiger partial charge < -0.3 is 0 Å². The lowest BCUT2D eigenvalue weighted by molar-refractivity contribution is 1.56. The molecule has 0 spiro atoms. The number of nitriles is 2. The first-order valence-electron chi connectivity index (χ1n) is 10.2. The van der Waals surface area contributed by atoms with E-state index in [1.165, 1.54) is 23.5 Å². The minimum Gasteiger partial charge on any atom is -0.185 e. The average molecular weight is 499 g/mol. The molecule has 160 valence electrons. The van der Waals surface area contributed by atoms with Gasteiger partial charge in [-0.05, 0) is 60.6 Å². The smallest absolute Gasteiger partial charge is 0.143 e. The largest absolute Gasteiger partial charge is 0.185 e. The summed E-state index contributed by atoms with van der Waals surface area (Å²) >= 11 is 2.50. The molecular formula is C27H20N2P2S2. The Bertz CT molecular complexity index is 1060. The lowest BCUT2D eigenvalue weighted by Crippen LogP contribution is -2.33. The molecule has 4 rings (SSSR count). The molecule has 0 saturated carbocycles. The molecule has 0 atom stereocenters. The van der Waals surface area contributed by atoms with Crippen LogP contribution >= 0.6 is 39.4 Å². The van der Waals surface area contributed by atoms with Crippen molar-refractivity contribution in [1.29, 1.82) is 10.5 Å². The maximum absolute atomic E-state index is 10.1. The van der Waals surface area contributed by atoms with Gasteiger partial charge in [0.15, 0.2) is 0 Å². The van der Waals surface area contributed by atoms with E-state index in [0.29, 0.717) is 0 Å². The van der Waals surface area contributed by atoms with Crippen LogP contribution in [0.5, 0.6) is 0 Å². The molecule has 6 heteroatoms. The fraction of sp³-hybridized carbons (Fsp3) is 0.0370. The topological polar surface area (TPSA) is 47.6 Å². The Labute approximate surface area is 206 Å². The summed E-state index contributed by atoms with van der Waals surface area (Å²) in [7, 11) is -2.17. The maximum atomic E-state index is 10.1. The zero-order valence-corrected chi connectivity index (χ0v) is 21.1. The highest BCUT2D eigenvalue weighted by Crippen LogP contribution is 2.75. The van der Waals surface area contributed by atoms with Gasteiger partial charge in [-0.15, -0.1) is 0 Å². The van der Waals surface area contributed by atoms with Crippen molar-refractivity contribution in [3.05, 3.63) is 121 Å². The van der Waals surface area contributed by atoms with Gasteiger partial charge in [0.25, 0.3) is 0 Å². The first kappa shape index (κ1) is 23.6. The Morgan fingerprint density at radius 2 is 0.697 bits per heavy atom. The summed E-state index contributed by atoms with van der Waals surface area (Å²) in [6, 6.07) is 41.4. The third-order valence-electron chi connectivity index (χ3n) is 4.98. The molecular weight excluding hydrogens is 478 g/mol. The summed E-state index contributed by atoms with van der Waals surface area (Å²) in [5.41, 5.74) is 0. The predicted octanol–water partition coefficient (Wildman–Crippen LogP) is 6.29. The van der Waals surface area contributed by atoms with E-state index < -0.39 is 19.4 Å². The number of thioether (sulfide) groups is 2. The van der Waals surface area contributed by atoms with Crippen LogP contribution in [0.4, 0.5) is 0 Å². The molecule has 0 amide bonds. The Morgan fingerprint density at radius 1 is 0.455 bits per heavy atom. The van der Waals surface area contributed by atoms with Gasteiger partial charge in [0.1, 0.15) is 14.4 Å². The van der Waals surface area contributed by atoms with Crippen molar-refractivity contribution >= 4 is 60.6 Å². The molecule has 0 saturated heterocycles. The van der Waals surface area contributed by atoms with Gasteiger partial charge in [0.05, 0.1) is 0 Å². The van der Waals surface area contributed by atoms with Crippen LogP contribution in [0.3, 0.4) is 0 Å². The number of nitrogens with zero attached hydrogens (tertiary/aromatic N) is 2. The van der Waals surface area contributed by atoms with Gasteiger partial charge in [0, 0.05) is 0 Å². The van der Waals surface area contributed by atoms with Crippen LogP contribution in [0.15, 0.2) is 121 Å². The van der Waals surface area contributed by atoms with Gasteiger partial charge in [-0.2, -0.15) is 10.5 Å². The lowest BCUT2D eigenvalue weighted by Gasteiger charge is -2.43. The minimum atomic E-state index is -1.09. The molecule has 4 aromatic carbocycles. The Kier molecular flexibility index (Phi) is 8.23. The normalized spacial score (nSPS) is 11.2. The number of benzene rings is 4. The van der Waals surface area contributed by atoms with E-state index in [1.807, 2.05) is 72.8 Å². The van der Waals surface area contributed by atoms with Gasteiger partial charge in [-0.25, -0.2) is 0 Å². The molecule has 4 aromatic rings. The fourth-order valence-electron chi connectivity index (χ4n) is 3.68. The summed E-state index contributed by atoms with van der Waals surface area (Å²) in [6.45, 7) is 0. The maximum Gasteiger partial charge on any atom is 0.143 e. The van der Waals surface area contributed by atoms with Crippen molar-refractivity contribution in [2.75, 3.05) is 0 Å². The van der Waals surface area contributed by atoms with E-state index in [1.54, 1.807) is 0 Å². The van der Waals surface area contributed by atoms with Crippen LogP contribution in [-0.4, -0.2) is 3.56 Å². The highest BCUT2D eigenvalue weighted by Gasteiger charge is 2.50. The summed E-state index contributed by atoms with van der Waals surface area (Å²) in [4.78, 5) is 0. The van der Waals surface area contributed by atoms with Gasteiger partial charge >= 0.3 is 0 Å². The van der Waals surface area contributed by atoms with Crippen LogP contribution in [0, 0.1) is 21.3 Å². The van der Waals surface area contributed by atoms with Gasteiger partial charge in [-0.3, -0.25) is 0 Å². The minimum absolute atomic E-state index is 0.709. The highest BCUT2D eigenvalue weighted by molar-refractivity contribution is 8.38. The number of rotatable bonds is 8. The Morgan fingerprint density at radius 3 is 0.909 bits per heavy atom. The van der Waals surface area contributed by atoms with Crippen molar-refractivity contribution in [2.45, 2.75) is 3.56 Å². The van der Waals surface area contributed by atoms with Gasteiger partial charge in [-0.1, -0.05) is 121 Å². The van der Waals surface area contributed by atoms with Crippen LogP contribution < -0.4 is 21.2 Å². The predicted molar refractivity (Wildman–Crippen MR) is 147 cm³/mol. The Balaban J connectivity index is 2.06. The van der Waals surface area contributed by atoms with E-state index in [2.05, 4.69) is 59.3 Å². The monoisotopic (exact) mass is 498 g/mol. The van der Waals surface area contributed by atoms with Crippen molar-refractivity contribution in [1.82, 2.24) is 0 Å². The number of hydrogen-bond acceptors (Lipinski definition) is 4. The van der Waals surface area contributed by atoms with Crippen molar-refractivity contribution in [3.63, 3.8) is 0 Å². The second kappa shape index (κ2) is 11.5. The van der Waals surface area contributed by atoms with Crippen molar-refractivity contribution in [2.24, 2.45) is 0 Å². The molecule has 0 aliphatic rings. The van der Waals surface area contributed by atoms with Crippen molar-refractivity contribution < 1.29 is 0 Å². The fourth-order valence-corrected chi connectivity index (χ4v) is 14.8. The zero-order valence-electron chi connectivity index (χ0n) is 17.7. The molecule has 0 aliphatic carbocycles. The van der Waals surface area contributed by atoms with Crippen LogP contribution in [0.1, 0.15) is 0 Å². The third-order valence-corrected chi connectivity index (χ3v) is 15.1. The van der Waals surface area contributed by atoms with E-state index >= 15 is 0 Å². The molecule has 33 heavy (non-hydrogen) atoms. The van der Waals surface area contributed by atoms with Crippen LogP contribution in [-0.2, 0) is 0 Å². The Hall–Kier alpha value is -2.58. The van der Waals surface area contributed by atoms with Crippen LogP contribution in [0.2, 0.25) is 0 Å². The molecule has 0 radical (unpaired) electrons. The van der Waals surface area contributed by atoms with E-state index in [0.717, 1.165) is 21.2 Å². The standard InChI is InChI=1S/C27H20N2P2S2/c28-21-32-27(33-22-29,30(23-13-5-1-6-14-23)24-15-7-2-8-16-24)31(25-17-9-3-10-18-25)26-19-11-4-12-20-26/h1-20H. The molecule has 0 bridgehead atoms. The summed E-state index contributed by atoms with van der Waals surface area (Å²) in [5, 5.41) is 29.7. The van der Waals surface area contributed by atoms with E-state index in [-0.39, 0.29) is 0 Å². The van der Waals surface area contributed by atoms with E-state index in [9.17, 15) is 10.5 Å². The molecule has 0 N–H and O–H groups in total. The molecule has 0 heterocycles. The third kappa shape index (κ3) is 5.17. The zero-order chi connectivity index (χ0) is 22.9. The average Bonchev–Trinajstić information content (AvgIpc) is 2.87. The number of thiocyanates is 2. The lowest BCUT2D eigenvalue weighted by atomic mass is 10.4. The molecule has 0 fully saturated rings. The highest BCUT2D eigenvalue weighted by atomic mass is 32.2. The summed E-state index contributed by atoms with van der Waals surface area (Å²) < 4.78 is -0.709. The first-order valence-corrected chi connectivity index (χ1v) is 14.6. The second-order valence-electron chi connectivity index (χ2n) is 6.95. The number of hydrogen-bond donors (Lipinski definition) is 0. The molecule has 0 aliphatic heterocycles. The summed E-state index contributed by atoms with van der Waals surface area (Å²) in [6.07, 6.45) is 0. The quantitative estimate of drug-likeness (QED) is 0.163.